The summed E-state index contributed by atoms with van der Waals surface area (Å²) in [5.74, 6) is 0.381. The molecule has 1 aromatic heterocycles. The van der Waals surface area contributed by atoms with Gasteiger partial charge in [-0.25, -0.2) is 4.79 Å². The lowest BCUT2D eigenvalue weighted by atomic mass is 10.1. The van der Waals surface area contributed by atoms with Crippen LogP contribution < -0.4 is 16.0 Å². The van der Waals surface area contributed by atoms with E-state index < -0.39 is 6.03 Å². The number of hydrogen-bond acceptors (Lipinski definition) is 5. The monoisotopic (exact) mass is 331 g/mol. The van der Waals surface area contributed by atoms with Crippen LogP contribution in [0.25, 0.3) is 5.69 Å². The molecule has 0 fully saturated rings. The molecular formula is C15H21N7O2. The Bertz CT molecular complexity index is 733. The van der Waals surface area contributed by atoms with E-state index >= 15 is 0 Å². The molecule has 3 amide bonds. The van der Waals surface area contributed by atoms with Crippen molar-refractivity contribution in [3.8, 4) is 5.69 Å². The van der Waals surface area contributed by atoms with Crippen molar-refractivity contribution in [3.63, 3.8) is 0 Å². The lowest BCUT2D eigenvalue weighted by molar-refractivity contribution is -0.121. The maximum atomic E-state index is 11.9. The van der Waals surface area contributed by atoms with Gasteiger partial charge in [-0.3, -0.25) is 4.79 Å². The van der Waals surface area contributed by atoms with E-state index in [9.17, 15) is 9.59 Å². The summed E-state index contributed by atoms with van der Waals surface area (Å²) in [5, 5.41) is 19.2. The Balaban J connectivity index is 1.93. The van der Waals surface area contributed by atoms with Gasteiger partial charge in [-0.1, -0.05) is 6.07 Å². The summed E-state index contributed by atoms with van der Waals surface area (Å²) >= 11 is 0. The molecule has 3 N–H and O–H groups in total. The molecule has 0 aliphatic rings. The van der Waals surface area contributed by atoms with E-state index in [2.05, 4.69) is 31.5 Å². The van der Waals surface area contributed by atoms with Crippen molar-refractivity contribution < 1.29 is 9.59 Å². The van der Waals surface area contributed by atoms with E-state index in [0.717, 1.165) is 5.69 Å². The van der Waals surface area contributed by atoms with Crippen molar-refractivity contribution in [1.29, 1.82) is 0 Å². The second kappa shape index (κ2) is 7.07. The van der Waals surface area contributed by atoms with E-state index in [1.54, 1.807) is 29.8 Å². The number of nitrogens with zero attached hydrogens (tertiary/aromatic N) is 4. The largest absolute Gasteiger partial charge is 0.350 e. The molecule has 0 aliphatic carbocycles. The number of tetrazole rings is 1. The molecule has 0 radical (unpaired) electrons. The third kappa shape index (κ3) is 5.04. The molecular weight excluding hydrogens is 310 g/mol. The average molecular weight is 331 g/mol. The number of rotatable bonds is 4. The first-order chi connectivity index (χ1) is 11.2. The van der Waals surface area contributed by atoms with Gasteiger partial charge in [0.05, 0.1) is 12.2 Å². The highest BCUT2D eigenvalue weighted by atomic mass is 16.2. The summed E-state index contributed by atoms with van der Waals surface area (Å²) < 4.78 is 1.56. The van der Waals surface area contributed by atoms with Crippen LogP contribution in [0.3, 0.4) is 0 Å². The van der Waals surface area contributed by atoms with Gasteiger partial charge in [-0.15, -0.1) is 5.10 Å². The first kappa shape index (κ1) is 17.4. The van der Waals surface area contributed by atoms with E-state index in [1.165, 1.54) is 0 Å². The smallest absolute Gasteiger partial charge is 0.319 e. The fourth-order valence-corrected chi connectivity index (χ4v) is 1.98. The minimum Gasteiger partial charge on any atom is -0.350 e. The van der Waals surface area contributed by atoms with Gasteiger partial charge in [0.1, 0.15) is 0 Å². The molecule has 0 unspecified atom stereocenters. The number of hydrogen-bond donors (Lipinski definition) is 3. The van der Waals surface area contributed by atoms with Crippen LogP contribution >= 0.6 is 0 Å². The maximum Gasteiger partial charge on any atom is 0.319 e. The fourth-order valence-electron chi connectivity index (χ4n) is 1.98. The molecule has 0 atom stereocenters. The van der Waals surface area contributed by atoms with Gasteiger partial charge < -0.3 is 16.0 Å². The molecule has 9 nitrogen and oxygen atoms in total. The fraction of sp³-hybridized carbons (Fsp3) is 0.400. The number of benzene rings is 1. The first-order valence-corrected chi connectivity index (χ1v) is 7.46. The Morgan fingerprint density at radius 1 is 1.25 bits per heavy atom. The Hall–Kier alpha value is -2.97. The molecule has 0 saturated heterocycles. The van der Waals surface area contributed by atoms with Gasteiger partial charge in [0.2, 0.25) is 5.91 Å². The van der Waals surface area contributed by atoms with E-state index in [-0.39, 0.29) is 18.0 Å². The Morgan fingerprint density at radius 2 is 2.00 bits per heavy atom. The van der Waals surface area contributed by atoms with Crippen LogP contribution in [-0.2, 0) is 4.79 Å². The number of carbonyl (C=O) groups excluding carboxylic acids is 2. The second-order valence-electron chi connectivity index (χ2n) is 6.29. The molecule has 9 heteroatoms. The minimum atomic E-state index is -0.468. The average Bonchev–Trinajstić information content (AvgIpc) is 2.90. The molecule has 0 aliphatic heterocycles. The number of nitrogens with one attached hydrogen (secondary N) is 3. The zero-order valence-corrected chi connectivity index (χ0v) is 14.1. The number of anilines is 1. The number of amides is 3. The van der Waals surface area contributed by atoms with E-state index in [4.69, 9.17) is 0 Å². The third-order valence-corrected chi connectivity index (χ3v) is 2.90. The summed E-state index contributed by atoms with van der Waals surface area (Å²) in [6.07, 6.45) is 0. The summed E-state index contributed by atoms with van der Waals surface area (Å²) in [4.78, 5) is 23.6. The zero-order chi connectivity index (χ0) is 17.7. The zero-order valence-electron chi connectivity index (χ0n) is 14.1. The molecule has 2 aromatic rings. The maximum absolute atomic E-state index is 11.9. The van der Waals surface area contributed by atoms with Crippen LogP contribution in [0, 0.1) is 6.92 Å². The summed E-state index contributed by atoms with van der Waals surface area (Å²) in [5.41, 5.74) is 0.949. The van der Waals surface area contributed by atoms with Gasteiger partial charge in [-0.2, -0.15) is 4.68 Å². The molecule has 2 rings (SSSR count). The highest BCUT2D eigenvalue weighted by Gasteiger charge is 2.14. The lowest BCUT2D eigenvalue weighted by Gasteiger charge is -2.20. The highest BCUT2D eigenvalue weighted by molar-refractivity contribution is 5.92. The first-order valence-electron chi connectivity index (χ1n) is 7.46. The van der Waals surface area contributed by atoms with Crippen molar-refractivity contribution in [2.75, 3.05) is 11.9 Å². The number of carbonyl (C=O) groups is 2. The van der Waals surface area contributed by atoms with E-state index in [0.29, 0.717) is 11.5 Å². The van der Waals surface area contributed by atoms with Crippen molar-refractivity contribution in [2.24, 2.45) is 0 Å². The van der Waals surface area contributed by atoms with Crippen molar-refractivity contribution >= 4 is 17.6 Å². The second-order valence-corrected chi connectivity index (χ2v) is 6.29. The predicted molar refractivity (Wildman–Crippen MR) is 88.8 cm³/mol. The van der Waals surface area contributed by atoms with Gasteiger partial charge >= 0.3 is 6.03 Å². The standard InChI is InChI=1S/C15H21N7O2/c1-10-19-20-21-22(10)12-7-5-6-11(8-12)17-14(24)16-9-13(23)18-15(2,3)4/h5-8H,9H2,1-4H3,(H,18,23)(H2,16,17,24). The van der Waals surface area contributed by atoms with Crippen molar-refractivity contribution in [1.82, 2.24) is 30.8 Å². The summed E-state index contributed by atoms with van der Waals surface area (Å²) in [6.45, 7) is 7.29. The number of aromatic nitrogens is 4. The molecule has 1 aromatic carbocycles. The summed E-state index contributed by atoms with van der Waals surface area (Å²) in [7, 11) is 0. The molecule has 24 heavy (non-hydrogen) atoms. The van der Waals surface area contributed by atoms with Crippen molar-refractivity contribution in [2.45, 2.75) is 33.2 Å². The lowest BCUT2D eigenvalue weighted by Crippen LogP contribution is -2.46. The van der Waals surface area contributed by atoms with Crippen LogP contribution in [0.1, 0.15) is 26.6 Å². The molecule has 1 heterocycles. The predicted octanol–water partition coefficient (Wildman–Crippen LogP) is 1.01. The van der Waals surface area contributed by atoms with Gasteiger partial charge in [0, 0.05) is 11.2 Å². The van der Waals surface area contributed by atoms with Crippen LogP contribution in [-0.4, -0.2) is 44.2 Å². The number of aryl methyl sites for hydroxylation is 1. The van der Waals surface area contributed by atoms with E-state index in [1.807, 2.05) is 26.8 Å². The Morgan fingerprint density at radius 3 is 2.62 bits per heavy atom. The van der Waals surface area contributed by atoms with Gasteiger partial charge in [-0.05, 0) is 56.3 Å². The van der Waals surface area contributed by atoms with Gasteiger partial charge in [0.25, 0.3) is 0 Å². The van der Waals surface area contributed by atoms with Crippen LogP contribution in [0.2, 0.25) is 0 Å². The normalized spacial score (nSPS) is 11.0. The molecule has 128 valence electrons. The summed E-state index contributed by atoms with van der Waals surface area (Å²) in [6, 6.07) is 6.60. The Labute approximate surface area is 139 Å². The minimum absolute atomic E-state index is 0.102. The van der Waals surface area contributed by atoms with Crippen LogP contribution in [0.4, 0.5) is 10.5 Å². The third-order valence-electron chi connectivity index (χ3n) is 2.90. The van der Waals surface area contributed by atoms with Crippen molar-refractivity contribution in [3.05, 3.63) is 30.1 Å². The quantitative estimate of drug-likeness (QED) is 0.773. The Kier molecular flexibility index (Phi) is 5.12. The highest BCUT2D eigenvalue weighted by Crippen LogP contribution is 2.14. The van der Waals surface area contributed by atoms with Crippen LogP contribution in [0.5, 0.6) is 0 Å². The topological polar surface area (TPSA) is 114 Å². The van der Waals surface area contributed by atoms with Gasteiger partial charge in [0.15, 0.2) is 5.82 Å². The SMILES string of the molecule is Cc1nnnn1-c1cccc(NC(=O)NCC(=O)NC(C)(C)C)c1. The molecule has 0 spiro atoms. The van der Waals surface area contributed by atoms with Crippen LogP contribution in [0.15, 0.2) is 24.3 Å². The number of urea groups is 1. The molecule has 0 bridgehead atoms. The molecule has 0 saturated carbocycles.